The average molecular weight is 345 g/mol. The third-order valence-corrected chi connectivity index (χ3v) is 4.61. The maximum absolute atomic E-state index is 14.3. The maximum atomic E-state index is 14.3. The predicted octanol–water partition coefficient (Wildman–Crippen LogP) is 3.64. The molecule has 0 bridgehead atoms. The summed E-state index contributed by atoms with van der Waals surface area (Å²) in [6.45, 7) is 0. The number of carbonyl (C=O) groups is 1. The van der Waals surface area contributed by atoms with Gasteiger partial charge >= 0.3 is 0 Å². The van der Waals surface area contributed by atoms with Gasteiger partial charge in [0.05, 0.1) is 19.1 Å². The van der Waals surface area contributed by atoms with Gasteiger partial charge in [-0.15, -0.1) is 11.3 Å². The maximum Gasteiger partial charge on any atom is 0.282 e. The summed E-state index contributed by atoms with van der Waals surface area (Å²) < 4.78 is 39.5. The summed E-state index contributed by atoms with van der Waals surface area (Å²) in [7, 11) is 4.06. The summed E-state index contributed by atoms with van der Waals surface area (Å²) in [6, 6.07) is 4.66. The number of hydroxylamine groups is 2. The van der Waals surface area contributed by atoms with Crippen LogP contribution in [0.1, 0.15) is 17.7 Å². The number of hydrogen-bond donors (Lipinski definition) is 1. The zero-order valence-corrected chi connectivity index (χ0v) is 13.7. The summed E-state index contributed by atoms with van der Waals surface area (Å²) in [5.74, 6) is -2.98. The van der Waals surface area contributed by atoms with Gasteiger partial charge in [-0.1, -0.05) is 0 Å². The molecule has 23 heavy (non-hydrogen) atoms. The molecule has 0 radical (unpaired) electrons. The Hall–Kier alpha value is -1.93. The highest BCUT2D eigenvalue weighted by Gasteiger charge is 2.34. The molecule has 5 nitrogen and oxygen atoms in total. The van der Waals surface area contributed by atoms with E-state index < -0.39 is 24.7 Å². The number of thiophene rings is 1. The van der Waals surface area contributed by atoms with E-state index in [-0.39, 0.29) is 4.88 Å². The minimum Gasteiger partial charge on any atom is -0.493 e. The number of hydrogen-bond acceptors (Lipinski definition) is 5. The second-order valence-corrected chi connectivity index (χ2v) is 6.06. The number of benzene rings is 1. The van der Waals surface area contributed by atoms with Crippen LogP contribution in [0.15, 0.2) is 18.2 Å². The third kappa shape index (κ3) is 3.70. The van der Waals surface area contributed by atoms with Gasteiger partial charge in [-0.05, 0) is 17.5 Å². The van der Waals surface area contributed by atoms with E-state index >= 15 is 0 Å². The third-order valence-electron chi connectivity index (χ3n) is 3.40. The van der Waals surface area contributed by atoms with Gasteiger partial charge in [0.2, 0.25) is 5.91 Å². The van der Waals surface area contributed by atoms with Crippen molar-refractivity contribution < 1.29 is 28.3 Å². The van der Waals surface area contributed by atoms with Gasteiger partial charge in [0.1, 0.15) is 0 Å². The summed E-state index contributed by atoms with van der Waals surface area (Å²) in [5, 5.41) is 9.87. The lowest BCUT2D eigenvalue weighted by atomic mass is 10.1. The molecule has 8 heteroatoms. The van der Waals surface area contributed by atoms with Crippen molar-refractivity contribution in [2.45, 2.75) is 18.8 Å². The normalized spacial score (nSPS) is 11.6. The molecular weight excluding hydrogens is 328 g/mol. The number of amides is 1. The van der Waals surface area contributed by atoms with Gasteiger partial charge in [0.25, 0.3) is 5.92 Å². The topological polar surface area (TPSA) is 59.0 Å². The predicted molar refractivity (Wildman–Crippen MR) is 82.6 cm³/mol. The minimum absolute atomic E-state index is 0.142. The van der Waals surface area contributed by atoms with Crippen molar-refractivity contribution in [2.75, 3.05) is 21.3 Å². The molecule has 0 unspecified atom stereocenters. The van der Waals surface area contributed by atoms with Gasteiger partial charge < -0.3 is 9.47 Å². The number of carbonyl (C=O) groups excluding carboxylic acids is 1. The van der Waals surface area contributed by atoms with E-state index in [2.05, 4.69) is 0 Å². The Bertz CT molecular complexity index is 674. The van der Waals surface area contributed by atoms with Crippen molar-refractivity contribution in [3.8, 4) is 11.5 Å². The molecule has 0 saturated carbocycles. The number of fused-ring (bicyclic) bond motifs is 1. The Morgan fingerprint density at radius 2 is 1.87 bits per heavy atom. The first-order valence-corrected chi connectivity index (χ1v) is 7.59. The SMILES string of the molecule is COc1cc2cc(C(F)(F)CCC(=O)N(C)O)sc2cc1OC. The van der Waals surface area contributed by atoms with Crippen molar-refractivity contribution in [3.63, 3.8) is 0 Å². The van der Waals surface area contributed by atoms with Gasteiger partial charge in [-0.25, -0.2) is 13.8 Å². The van der Waals surface area contributed by atoms with E-state index in [0.29, 0.717) is 26.6 Å². The smallest absolute Gasteiger partial charge is 0.282 e. The first-order chi connectivity index (χ1) is 10.8. The number of halogens is 2. The zero-order chi connectivity index (χ0) is 17.2. The Labute approximate surface area is 136 Å². The second-order valence-electron chi connectivity index (χ2n) is 4.98. The number of nitrogens with zero attached hydrogens (tertiary/aromatic N) is 1. The van der Waals surface area contributed by atoms with Crippen molar-refractivity contribution >= 4 is 27.3 Å². The molecule has 0 aliphatic rings. The lowest BCUT2D eigenvalue weighted by Gasteiger charge is -2.15. The highest BCUT2D eigenvalue weighted by atomic mass is 32.1. The van der Waals surface area contributed by atoms with Gasteiger partial charge in [0.15, 0.2) is 11.5 Å². The molecule has 1 aromatic carbocycles. The van der Waals surface area contributed by atoms with Crippen LogP contribution in [-0.4, -0.2) is 37.4 Å². The van der Waals surface area contributed by atoms with E-state index in [1.54, 1.807) is 12.1 Å². The van der Waals surface area contributed by atoms with Crippen LogP contribution >= 0.6 is 11.3 Å². The molecule has 1 N–H and O–H groups in total. The molecule has 126 valence electrons. The van der Waals surface area contributed by atoms with E-state index in [1.165, 1.54) is 20.3 Å². The number of alkyl halides is 2. The van der Waals surface area contributed by atoms with E-state index in [1.807, 2.05) is 0 Å². The van der Waals surface area contributed by atoms with Crippen LogP contribution in [0.3, 0.4) is 0 Å². The van der Waals surface area contributed by atoms with Crippen molar-refractivity contribution in [3.05, 3.63) is 23.1 Å². The molecule has 2 rings (SSSR count). The Balaban J connectivity index is 2.30. The first kappa shape index (κ1) is 17.4. The van der Waals surface area contributed by atoms with Crippen molar-refractivity contribution in [2.24, 2.45) is 0 Å². The Morgan fingerprint density at radius 1 is 1.26 bits per heavy atom. The van der Waals surface area contributed by atoms with Crippen molar-refractivity contribution in [1.82, 2.24) is 5.06 Å². The molecule has 0 aliphatic heterocycles. The lowest BCUT2D eigenvalue weighted by Crippen LogP contribution is -2.24. The molecule has 1 amide bonds. The highest BCUT2D eigenvalue weighted by Crippen LogP contribution is 2.43. The van der Waals surface area contributed by atoms with E-state index in [4.69, 9.17) is 14.7 Å². The number of rotatable bonds is 6. The van der Waals surface area contributed by atoms with Crippen LogP contribution in [-0.2, 0) is 10.7 Å². The zero-order valence-electron chi connectivity index (χ0n) is 12.9. The van der Waals surface area contributed by atoms with Crippen LogP contribution in [0.5, 0.6) is 11.5 Å². The fourth-order valence-corrected chi connectivity index (χ4v) is 3.17. The number of ether oxygens (including phenoxy) is 2. The molecule has 1 aromatic heterocycles. The molecule has 2 aromatic rings. The van der Waals surface area contributed by atoms with Crippen LogP contribution in [0.25, 0.3) is 10.1 Å². The molecule has 0 spiro atoms. The molecule has 0 atom stereocenters. The fourth-order valence-electron chi connectivity index (χ4n) is 2.10. The molecule has 0 saturated heterocycles. The first-order valence-electron chi connectivity index (χ1n) is 6.78. The summed E-state index contributed by atoms with van der Waals surface area (Å²) in [4.78, 5) is 11.1. The highest BCUT2D eigenvalue weighted by molar-refractivity contribution is 7.19. The largest absolute Gasteiger partial charge is 0.493 e. The summed E-state index contributed by atoms with van der Waals surface area (Å²) in [6.07, 6.45) is -1.11. The fraction of sp³-hybridized carbons (Fsp3) is 0.400. The van der Waals surface area contributed by atoms with Gasteiger partial charge in [0, 0.05) is 30.7 Å². The molecule has 0 fully saturated rings. The minimum atomic E-state index is -3.16. The standard InChI is InChI=1S/C15H17F2NO4S/c1-18(20)14(19)4-5-15(16,17)13-7-9-6-10(21-2)11(22-3)8-12(9)23-13/h6-8,20H,4-5H2,1-3H3. The summed E-state index contributed by atoms with van der Waals surface area (Å²) >= 11 is 0.940. The second kappa shape index (κ2) is 6.67. The lowest BCUT2D eigenvalue weighted by molar-refractivity contribution is -0.161. The van der Waals surface area contributed by atoms with Crippen LogP contribution in [0.4, 0.5) is 8.78 Å². The molecule has 0 aliphatic carbocycles. The van der Waals surface area contributed by atoms with E-state index in [0.717, 1.165) is 18.4 Å². The van der Waals surface area contributed by atoms with Crippen molar-refractivity contribution in [1.29, 1.82) is 0 Å². The van der Waals surface area contributed by atoms with Crippen LogP contribution < -0.4 is 9.47 Å². The molecule has 1 heterocycles. The number of methoxy groups -OCH3 is 2. The van der Waals surface area contributed by atoms with E-state index in [9.17, 15) is 13.6 Å². The van der Waals surface area contributed by atoms with Crippen LogP contribution in [0.2, 0.25) is 0 Å². The average Bonchev–Trinajstić information content (AvgIpc) is 2.94. The quantitative estimate of drug-likeness (QED) is 0.641. The Kier molecular flexibility index (Phi) is 5.06. The van der Waals surface area contributed by atoms with Crippen LogP contribution in [0, 0.1) is 0 Å². The Morgan fingerprint density at radius 3 is 2.43 bits per heavy atom. The van der Waals surface area contributed by atoms with Gasteiger partial charge in [-0.3, -0.25) is 10.0 Å². The molecular formula is C15H17F2NO4S. The monoisotopic (exact) mass is 345 g/mol. The summed E-state index contributed by atoms with van der Waals surface area (Å²) in [5.41, 5.74) is 0. The van der Waals surface area contributed by atoms with Gasteiger partial charge in [-0.2, -0.15) is 0 Å².